The number of anilines is 1. The summed E-state index contributed by atoms with van der Waals surface area (Å²) in [4.78, 5) is 12.0. The Morgan fingerprint density at radius 3 is 2.82 bits per heavy atom. The van der Waals surface area contributed by atoms with Crippen molar-refractivity contribution in [3.63, 3.8) is 0 Å². The molecule has 2 rings (SSSR count). The molecule has 0 aliphatic carbocycles. The molecule has 1 aliphatic rings. The Morgan fingerprint density at radius 1 is 1.47 bits per heavy atom. The second-order valence-corrected chi connectivity index (χ2v) is 4.69. The fourth-order valence-corrected chi connectivity index (χ4v) is 2.15. The van der Waals surface area contributed by atoms with Crippen LogP contribution in [0.2, 0.25) is 0 Å². The molecule has 3 nitrogen and oxygen atoms in total. The smallest absolute Gasteiger partial charge is 0.229 e. The molecule has 0 radical (unpaired) electrons. The maximum absolute atomic E-state index is 12.9. The molecule has 0 aromatic heterocycles. The Labute approximate surface area is 100 Å². The molecule has 0 bridgehead atoms. The fraction of sp³-hybridized carbons (Fsp3) is 0.462. The van der Waals surface area contributed by atoms with Crippen LogP contribution in [0.1, 0.15) is 12.5 Å². The van der Waals surface area contributed by atoms with Crippen LogP contribution < -0.4 is 10.6 Å². The van der Waals surface area contributed by atoms with E-state index < -0.39 is 0 Å². The minimum atomic E-state index is -0.281. The van der Waals surface area contributed by atoms with Crippen molar-refractivity contribution in [3.8, 4) is 0 Å². The van der Waals surface area contributed by atoms with E-state index in [4.69, 9.17) is 0 Å². The van der Waals surface area contributed by atoms with Crippen LogP contribution in [0.15, 0.2) is 18.2 Å². The van der Waals surface area contributed by atoms with Crippen LogP contribution >= 0.6 is 0 Å². The zero-order chi connectivity index (χ0) is 12.4. The molecule has 17 heavy (non-hydrogen) atoms. The minimum absolute atomic E-state index is 0.000506. The molecule has 4 heteroatoms. The Bertz CT molecular complexity index is 433. The molecule has 2 unspecified atom stereocenters. The largest absolute Gasteiger partial charge is 0.326 e. The van der Waals surface area contributed by atoms with Gasteiger partial charge in [-0.2, -0.15) is 0 Å². The number of halogens is 1. The molecule has 1 aromatic rings. The zero-order valence-corrected chi connectivity index (χ0v) is 10.1. The minimum Gasteiger partial charge on any atom is -0.326 e. The summed E-state index contributed by atoms with van der Waals surface area (Å²) in [5.41, 5.74) is 1.44. The van der Waals surface area contributed by atoms with Gasteiger partial charge in [0.2, 0.25) is 5.91 Å². The van der Waals surface area contributed by atoms with Crippen molar-refractivity contribution in [3.05, 3.63) is 29.6 Å². The lowest BCUT2D eigenvalue weighted by Crippen LogP contribution is -2.28. The van der Waals surface area contributed by atoms with Crippen molar-refractivity contribution in [1.29, 1.82) is 0 Å². The third kappa shape index (κ3) is 2.64. The average Bonchev–Trinajstić information content (AvgIpc) is 2.68. The topological polar surface area (TPSA) is 41.1 Å². The SMILES string of the molecule is Cc1cc(F)ccc1NC(=O)C1CNCC1C. The fourth-order valence-electron chi connectivity index (χ4n) is 2.15. The highest BCUT2D eigenvalue weighted by Gasteiger charge is 2.29. The van der Waals surface area contributed by atoms with Crippen molar-refractivity contribution in [2.75, 3.05) is 18.4 Å². The second-order valence-electron chi connectivity index (χ2n) is 4.69. The summed E-state index contributed by atoms with van der Waals surface area (Å²) >= 11 is 0. The number of amides is 1. The maximum atomic E-state index is 12.9. The van der Waals surface area contributed by atoms with E-state index in [1.54, 1.807) is 13.0 Å². The molecular weight excluding hydrogens is 219 g/mol. The Hall–Kier alpha value is -1.42. The molecule has 1 aliphatic heterocycles. The molecular formula is C13H17FN2O. The van der Waals surface area contributed by atoms with Gasteiger partial charge in [-0.25, -0.2) is 4.39 Å². The molecule has 1 amide bonds. The summed E-state index contributed by atoms with van der Waals surface area (Å²) < 4.78 is 12.9. The van der Waals surface area contributed by atoms with Crippen LogP contribution in [-0.2, 0) is 4.79 Å². The highest BCUT2D eigenvalue weighted by molar-refractivity contribution is 5.93. The molecule has 2 atom stereocenters. The van der Waals surface area contributed by atoms with E-state index in [9.17, 15) is 9.18 Å². The van der Waals surface area contributed by atoms with Crippen LogP contribution in [0.4, 0.5) is 10.1 Å². The van der Waals surface area contributed by atoms with Crippen LogP contribution in [0.25, 0.3) is 0 Å². The van der Waals surface area contributed by atoms with Gasteiger partial charge in [0.25, 0.3) is 0 Å². The van der Waals surface area contributed by atoms with E-state index in [0.29, 0.717) is 18.2 Å². The molecule has 1 heterocycles. The van der Waals surface area contributed by atoms with Gasteiger partial charge in [0.05, 0.1) is 5.92 Å². The van der Waals surface area contributed by atoms with E-state index in [0.717, 1.165) is 12.1 Å². The molecule has 92 valence electrons. The number of aryl methyl sites for hydroxylation is 1. The van der Waals surface area contributed by atoms with Crippen molar-refractivity contribution >= 4 is 11.6 Å². The summed E-state index contributed by atoms with van der Waals surface area (Å²) in [6.07, 6.45) is 0. The Kier molecular flexibility index (Phi) is 3.43. The number of carbonyl (C=O) groups is 1. The third-order valence-electron chi connectivity index (χ3n) is 3.30. The van der Waals surface area contributed by atoms with Gasteiger partial charge < -0.3 is 10.6 Å². The molecule has 1 fully saturated rings. The lowest BCUT2D eigenvalue weighted by atomic mass is 9.97. The lowest BCUT2D eigenvalue weighted by molar-refractivity contribution is -0.120. The monoisotopic (exact) mass is 236 g/mol. The number of hydrogen-bond acceptors (Lipinski definition) is 2. The van der Waals surface area contributed by atoms with Crippen molar-refractivity contribution in [2.24, 2.45) is 11.8 Å². The number of nitrogens with one attached hydrogen (secondary N) is 2. The van der Waals surface area contributed by atoms with Gasteiger partial charge in [-0.15, -0.1) is 0 Å². The van der Waals surface area contributed by atoms with E-state index in [-0.39, 0.29) is 17.6 Å². The van der Waals surface area contributed by atoms with Crippen molar-refractivity contribution in [2.45, 2.75) is 13.8 Å². The van der Waals surface area contributed by atoms with Crippen molar-refractivity contribution < 1.29 is 9.18 Å². The van der Waals surface area contributed by atoms with Gasteiger partial charge in [0.15, 0.2) is 0 Å². The first-order valence-corrected chi connectivity index (χ1v) is 5.85. The lowest BCUT2D eigenvalue weighted by Gasteiger charge is -2.15. The number of hydrogen-bond donors (Lipinski definition) is 2. The first-order valence-electron chi connectivity index (χ1n) is 5.85. The van der Waals surface area contributed by atoms with Gasteiger partial charge in [-0.3, -0.25) is 4.79 Å². The summed E-state index contributed by atoms with van der Waals surface area (Å²) in [7, 11) is 0. The van der Waals surface area contributed by atoms with Gasteiger partial charge in [0.1, 0.15) is 5.82 Å². The average molecular weight is 236 g/mol. The highest BCUT2D eigenvalue weighted by Crippen LogP contribution is 2.20. The standard InChI is InChI=1S/C13H17FN2O/c1-8-5-10(14)3-4-12(8)16-13(17)11-7-15-6-9(11)2/h3-5,9,11,15H,6-7H2,1-2H3,(H,16,17). The Balaban J connectivity index is 2.07. The van der Waals surface area contributed by atoms with Gasteiger partial charge in [-0.1, -0.05) is 6.92 Å². The predicted octanol–water partition coefficient (Wildman–Crippen LogP) is 1.93. The number of carbonyl (C=O) groups excluding carboxylic acids is 1. The predicted molar refractivity (Wildman–Crippen MR) is 65.3 cm³/mol. The van der Waals surface area contributed by atoms with Gasteiger partial charge in [-0.05, 0) is 43.1 Å². The molecule has 1 aromatic carbocycles. The molecule has 0 saturated carbocycles. The highest BCUT2D eigenvalue weighted by atomic mass is 19.1. The quantitative estimate of drug-likeness (QED) is 0.823. The summed E-state index contributed by atoms with van der Waals surface area (Å²) in [5.74, 6) is 0.0730. The zero-order valence-electron chi connectivity index (χ0n) is 10.1. The number of rotatable bonds is 2. The summed E-state index contributed by atoms with van der Waals surface area (Å²) in [6, 6.07) is 4.39. The van der Waals surface area contributed by atoms with Crippen LogP contribution in [0, 0.1) is 24.6 Å². The summed E-state index contributed by atoms with van der Waals surface area (Å²) in [6.45, 7) is 5.44. The van der Waals surface area contributed by atoms with E-state index in [1.807, 2.05) is 0 Å². The van der Waals surface area contributed by atoms with Crippen LogP contribution in [0.3, 0.4) is 0 Å². The second kappa shape index (κ2) is 4.84. The van der Waals surface area contributed by atoms with E-state index in [1.165, 1.54) is 12.1 Å². The van der Waals surface area contributed by atoms with Crippen molar-refractivity contribution in [1.82, 2.24) is 5.32 Å². The molecule has 2 N–H and O–H groups in total. The third-order valence-corrected chi connectivity index (χ3v) is 3.30. The van der Waals surface area contributed by atoms with Gasteiger partial charge >= 0.3 is 0 Å². The Morgan fingerprint density at radius 2 is 2.24 bits per heavy atom. The summed E-state index contributed by atoms with van der Waals surface area (Å²) in [5, 5.41) is 6.06. The van der Waals surface area contributed by atoms with E-state index in [2.05, 4.69) is 17.6 Å². The normalized spacial score (nSPS) is 23.7. The van der Waals surface area contributed by atoms with E-state index >= 15 is 0 Å². The number of benzene rings is 1. The van der Waals surface area contributed by atoms with Crippen LogP contribution in [-0.4, -0.2) is 19.0 Å². The molecule has 1 saturated heterocycles. The maximum Gasteiger partial charge on any atom is 0.229 e. The molecule has 0 spiro atoms. The first-order chi connectivity index (χ1) is 8.08. The first kappa shape index (κ1) is 12.0. The van der Waals surface area contributed by atoms with Crippen LogP contribution in [0.5, 0.6) is 0 Å². The van der Waals surface area contributed by atoms with Gasteiger partial charge in [0, 0.05) is 12.2 Å².